The summed E-state index contributed by atoms with van der Waals surface area (Å²) in [6.07, 6.45) is 0. The van der Waals surface area contributed by atoms with Gasteiger partial charge in [0.1, 0.15) is 0 Å². The van der Waals surface area contributed by atoms with Crippen LogP contribution in [0.1, 0.15) is 15.9 Å². The van der Waals surface area contributed by atoms with Gasteiger partial charge in [0.25, 0.3) is 5.91 Å². The number of carbonyl (C=O) groups excluding carboxylic acids is 1. The van der Waals surface area contributed by atoms with E-state index < -0.39 is 0 Å². The molecule has 0 saturated heterocycles. The molecule has 20 heavy (non-hydrogen) atoms. The van der Waals surface area contributed by atoms with Crippen LogP contribution in [-0.2, 0) is 6.54 Å². The van der Waals surface area contributed by atoms with E-state index in [0.29, 0.717) is 26.6 Å². The molecule has 0 aliphatic rings. The summed E-state index contributed by atoms with van der Waals surface area (Å²) < 4.78 is 0.705. The molecule has 2 aromatic rings. The van der Waals surface area contributed by atoms with Gasteiger partial charge in [-0.3, -0.25) is 4.79 Å². The van der Waals surface area contributed by atoms with E-state index in [1.54, 1.807) is 36.2 Å². The fraction of sp³-hybridized carbons (Fsp3) is 0.133. The second-order valence-corrected chi connectivity index (χ2v) is 5.99. The van der Waals surface area contributed by atoms with Crippen LogP contribution in [0.5, 0.6) is 0 Å². The Morgan fingerprint density at radius 1 is 1.15 bits per heavy atom. The third kappa shape index (κ3) is 3.35. The summed E-state index contributed by atoms with van der Waals surface area (Å²) >= 11 is 15.6. The van der Waals surface area contributed by atoms with E-state index in [4.69, 9.17) is 23.2 Å². The molecule has 0 unspecified atom stereocenters. The Balaban J connectivity index is 2.21. The molecule has 0 bridgehead atoms. The molecule has 104 valence electrons. The predicted octanol–water partition coefficient (Wildman–Crippen LogP) is 5.03. The molecule has 2 aromatic carbocycles. The van der Waals surface area contributed by atoms with Gasteiger partial charge in [0.05, 0.1) is 10.6 Å². The summed E-state index contributed by atoms with van der Waals surface area (Å²) in [6, 6.07) is 12.7. The van der Waals surface area contributed by atoms with Gasteiger partial charge in [0.2, 0.25) is 0 Å². The number of hydrogen-bond acceptors (Lipinski definition) is 1. The lowest BCUT2D eigenvalue weighted by Crippen LogP contribution is -2.26. The Bertz CT molecular complexity index is 646. The van der Waals surface area contributed by atoms with Crippen LogP contribution in [0.2, 0.25) is 10.0 Å². The molecule has 5 heteroatoms. The van der Waals surface area contributed by atoms with Crippen LogP contribution < -0.4 is 0 Å². The largest absolute Gasteiger partial charge is 0.337 e. The molecule has 0 saturated carbocycles. The van der Waals surface area contributed by atoms with Gasteiger partial charge >= 0.3 is 0 Å². The molecule has 1 amide bonds. The van der Waals surface area contributed by atoms with Crippen molar-refractivity contribution < 1.29 is 4.79 Å². The molecule has 2 nitrogen and oxygen atoms in total. The van der Waals surface area contributed by atoms with Crippen molar-refractivity contribution in [1.29, 1.82) is 0 Å². The molecule has 0 fully saturated rings. The molecule has 0 aromatic heterocycles. The Kier molecular flexibility index (Phi) is 5.08. The zero-order valence-electron chi connectivity index (χ0n) is 10.7. The zero-order valence-corrected chi connectivity index (χ0v) is 13.8. The number of hydrogen-bond donors (Lipinski definition) is 0. The number of benzene rings is 2. The molecule has 2 rings (SSSR count). The lowest BCUT2D eigenvalue weighted by Gasteiger charge is -2.19. The number of carbonyl (C=O) groups is 1. The second-order valence-electron chi connectivity index (χ2n) is 4.35. The molecule has 0 heterocycles. The number of amides is 1. The maximum atomic E-state index is 12.4. The van der Waals surface area contributed by atoms with E-state index in [2.05, 4.69) is 15.9 Å². The summed E-state index contributed by atoms with van der Waals surface area (Å²) in [5.41, 5.74) is 1.37. The van der Waals surface area contributed by atoms with Crippen molar-refractivity contribution >= 4 is 45.0 Å². The van der Waals surface area contributed by atoms with Gasteiger partial charge in [0, 0.05) is 23.1 Å². The van der Waals surface area contributed by atoms with Gasteiger partial charge < -0.3 is 4.90 Å². The van der Waals surface area contributed by atoms with Crippen LogP contribution in [0.3, 0.4) is 0 Å². The topological polar surface area (TPSA) is 20.3 Å². The minimum Gasteiger partial charge on any atom is -0.337 e. The smallest absolute Gasteiger partial charge is 0.255 e. The van der Waals surface area contributed by atoms with Gasteiger partial charge in [0.15, 0.2) is 0 Å². The highest BCUT2D eigenvalue weighted by molar-refractivity contribution is 9.10. The van der Waals surface area contributed by atoms with Crippen LogP contribution in [0.25, 0.3) is 0 Å². The third-order valence-corrected chi connectivity index (χ3v) is 4.56. The average molecular weight is 373 g/mol. The lowest BCUT2D eigenvalue weighted by atomic mass is 10.1. The number of rotatable bonds is 3. The van der Waals surface area contributed by atoms with Gasteiger partial charge in [-0.25, -0.2) is 0 Å². The maximum Gasteiger partial charge on any atom is 0.255 e. The fourth-order valence-electron chi connectivity index (χ4n) is 1.83. The van der Waals surface area contributed by atoms with E-state index in [1.807, 2.05) is 18.2 Å². The first-order valence-electron chi connectivity index (χ1n) is 5.93. The molecule has 0 N–H and O–H groups in total. The molecule has 0 spiro atoms. The average Bonchev–Trinajstić information content (AvgIpc) is 2.43. The Labute approximate surface area is 136 Å². The first-order valence-corrected chi connectivity index (χ1v) is 7.48. The van der Waals surface area contributed by atoms with Crippen molar-refractivity contribution in [2.45, 2.75) is 6.54 Å². The summed E-state index contributed by atoms with van der Waals surface area (Å²) in [5, 5.41) is 1.07. The molecule has 0 radical (unpaired) electrons. The van der Waals surface area contributed by atoms with Gasteiger partial charge in [-0.1, -0.05) is 47.5 Å². The summed E-state index contributed by atoms with van der Waals surface area (Å²) in [5.74, 6) is -0.142. The number of nitrogens with zero attached hydrogens (tertiary/aromatic N) is 1. The normalized spacial score (nSPS) is 10.4. The van der Waals surface area contributed by atoms with Crippen LogP contribution in [-0.4, -0.2) is 17.9 Å². The Hall–Kier alpha value is -1.03. The van der Waals surface area contributed by atoms with Gasteiger partial charge in [-0.2, -0.15) is 0 Å². The monoisotopic (exact) mass is 371 g/mol. The van der Waals surface area contributed by atoms with Crippen molar-refractivity contribution in [3.8, 4) is 0 Å². The lowest BCUT2D eigenvalue weighted by molar-refractivity contribution is 0.0785. The van der Waals surface area contributed by atoms with Crippen LogP contribution in [0.4, 0.5) is 0 Å². The highest BCUT2D eigenvalue weighted by Crippen LogP contribution is 2.27. The SMILES string of the molecule is CN(Cc1ccccc1Cl)C(=O)c1cccc(Br)c1Cl. The first-order chi connectivity index (χ1) is 9.50. The Morgan fingerprint density at radius 2 is 1.85 bits per heavy atom. The van der Waals surface area contributed by atoms with E-state index in [9.17, 15) is 4.79 Å². The minimum atomic E-state index is -0.142. The summed E-state index contributed by atoms with van der Waals surface area (Å²) in [6.45, 7) is 0.432. The summed E-state index contributed by atoms with van der Waals surface area (Å²) in [4.78, 5) is 14.0. The van der Waals surface area contributed by atoms with E-state index in [-0.39, 0.29) is 5.91 Å². The van der Waals surface area contributed by atoms with Crippen LogP contribution >= 0.6 is 39.1 Å². The Morgan fingerprint density at radius 3 is 2.55 bits per heavy atom. The highest BCUT2D eigenvalue weighted by Gasteiger charge is 2.17. The second kappa shape index (κ2) is 6.61. The fourth-order valence-corrected chi connectivity index (χ4v) is 2.60. The van der Waals surface area contributed by atoms with E-state index >= 15 is 0 Å². The molecular formula is C15H12BrCl2NO. The van der Waals surface area contributed by atoms with E-state index in [0.717, 1.165) is 5.56 Å². The van der Waals surface area contributed by atoms with E-state index in [1.165, 1.54) is 0 Å². The molecule has 0 aliphatic carbocycles. The number of halogens is 3. The van der Waals surface area contributed by atoms with Crippen LogP contribution in [0.15, 0.2) is 46.9 Å². The van der Waals surface area contributed by atoms with Crippen molar-refractivity contribution in [2.75, 3.05) is 7.05 Å². The predicted molar refractivity (Wildman–Crippen MR) is 86.4 cm³/mol. The summed E-state index contributed by atoms with van der Waals surface area (Å²) in [7, 11) is 1.73. The maximum absolute atomic E-state index is 12.4. The van der Waals surface area contributed by atoms with Crippen molar-refractivity contribution in [3.63, 3.8) is 0 Å². The molecular weight excluding hydrogens is 361 g/mol. The van der Waals surface area contributed by atoms with Crippen molar-refractivity contribution in [2.24, 2.45) is 0 Å². The standard InChI is InChI=1S/C15H12BrCl2NO/c1-19(9-10-5-2-3-8-13(10)17)15(20)11-6-4-7-12(16)14(11)18/h2-8H,9H2,1H3. The molecule has 0 aliphatic heterocycles. The van der Waals surface area contributed by atoms with Gasteiger partial charge in [-0.05, 0) is 39.7 Å². The zero-order chi connectivity index (χ0) is 14.7. The first kappa shape index (κ1) is 15.4. The van der Waals surface area contributed by atoms with Gasteiger partial charge in [-0.15, -0.1) is 0 Å². The van der Waals surface area contributed by atoms with Crippen molar-refractivity contribution in [3.05, 3.63) is 68.1 Å². The minimum absolute atomic E-state index is 0.142. The third-order valence-electron chi connectivity index (χ3n) is 2.89. The quantitative estimate of drug-likeness (QED) is 0.739. The van der Waals surface area contributed by atoms with Crippen LogP contribution in [0, 0.1) is 0 Å². The molecule has 0 atom stereocenters. The van der Waals surface area contributed by atoms with Crippen molar-refractivity contribution in [1.82, 2.24) is 4.90 Å². The highest BCUT2D eigenvalue weighted by atomic mass is 79.9.